The van der Waals surface area contributed by atoms with Crippen molar-refractivity contribution >= 4 is 83.8 Å². The summed E-state index contributed by atoms with van der Waals surface area (Å²) >= 11 is 0. The Bertz CT molecular complexity index is 3550. The number of methoxy groups -OCH3 is 1. The molecule has 0 aliphatic carbocycles. The van der Waals surface area contributed by atoms with Crippen molar-refractivity contribution in [2.24, 2.45) is 0 Å². The number of hydrogen-bond donors (Lipinski definition) is 6. The molecule has 20 nitrogen and oxygen atoms in total. The first-order valence-electron chi connectivity index (χ1n) is 22.8. The molecule has 0 radical (unpaired) electrons. The third kappa shape index (κ3) is 14.2. The van der Waals surface area contributed by atoms with Crippen LogP contribution in [0.3, 0.4) is 0 Å². The van der Waals surface area contributed by atoms with Gasteiger partial charge in [0.05, 0.1) is 28.8 Å². The number of rotatable bonds is 26. The summed E-state index contributed by atoms with van der Waals surface area (Å²) in [7, 11) is -23.1. The highest BCUT2D eigenvalue weighted by Gasteiger charge is 2.45. The fourth-order valence-electron chi connectivity index (χ4n) is 9.43. The molecule has 74 heavy (non-hydrogen) atoms. The predicted octanol–water partition coefficient (Wildman–Crippen LogP) is 7.80. The molecule has 0 fully saturated rings. The molecule has 0 spiro atoms. The van der Waals surface area contributed by atoms with Crippen LogP contribution in [0.1, 0.15) is 75.5 Å². The van der Waals surface area contributed by atoms with Gasteiger partial charge >= 0.3 is 5.97 Å². The monoisotopic (exact) mass is 1130 g/mol. The van der Waals surface area contributed by atoms with Crippen LogP contribution in [0.2, 0.25) is 0 Å². The first kappa shape index (κ1) is 59.7. The molecule has 2 atom stereocenters. The van der Waals surface area contributed by atoms with Crippen LogP contribution in [0, 0.1) is 6.92 Å². The third-order valence-electron chi connectivity index (χ3n) is 13.0. The third-order valence-corrected chi connectivity index (χ3v) is 17.2. The number of anilines is 1. The Kier molecular flexibility index (Phi) is 18.9. The normalized spacial score (nSPS) is 17.4. The number of benzene rings is 4. The molecule has 5 rings (SSSR count). The van der Waals surface area contributed by atoms with Crippen molar-refractivity contribution in [1.29, 1.82) is 0 Å². The highest BCUT2D eigenvalue weighted by atomic mass is 32.2. The second-order valence-corrected chi connectivity index (χ2v) is 25.3. The molecule has 0 bridgehead atoms. The average molecular weight is 1130 g/mol. The van der Waals surface area contributed by atoms with E-state index >= 15 is 0 Å². The van der Waals surface area contributed by atoms with Crippen molar-refractivity contribution in [3.05, 3.63) is 126 Å². The molecular formula is C49H59NO19S5. The van der Waals surface area contributed by atoms with Crippen molar-refractivity contribution in [2.45, 2.75) is 96.1 Å². The summed E-state index contributed by atoms with van der Waals surface area (Å²) in [6, 6.07) is 9.41. The lowest BCUT2D eigenvalue weighted by molar-refractivity contribution is -0.137. The minimum atomic E-state index is -5.07. The van der Waals surface area contributed by atoms with Gasteiger partial charge < -0.3 is 19.5 Å². The molecule has 4 aromatic rings. The topological polar surface area (TPSA) is 331 Å². The number of aliphatic carboxylic acids is 1. The molecule has 1 aliphatic rings. The Labute approximate surface area is 431 Å². The molecule has 0 saturated carbocycles. The van der Waals surface area contributed by atoms with E-state index in [1.165, 1.54) is 25.3 Å². The summed E-state index contributed by atoms with van der Waals surface area (Å²) in [4.78, 5) is 10.1. The Balaban J connectivity index is 1.62. The minimum absolute atomic E-state index is 0.00851. The van der Waals surface area contributed by atoms with Gasteiger partial charge in [-0.25, -0.2) is 0 Å². The number of fused-ring (bicyclic) bond motifs is 4. The van der Waals surface area contributed by atoms with Crippen molar-refractivity contribution in [3.63, 3.8) is 0 Å². The molecule has 404 valence electrons. The Morgan fingerprint density at radius 3 is 1.84 bits per heavy atom. The Morgan fingerprint density at radius 1 is 0.703 bits per heavy atom. The molecular weight excluding hydrogens is 1070 g/mol. The molecule has 1 heterocycles. The van der Waals surface area contributed by atoms with Gasteiger partial charge in [-0.15, -0.1) is 0 Å². The molecule has 2 unspecified atom stereocenters. The maximum Gasteiger partial charge on any atom is 0.303 e. The molecule has 0 aromatic heterocycles. The highest BCUT2D eigenvalue weighted by Crippen LogP contribution is 2.54. The first-order chi connectivity index (χ1) is 34.3. The number of nitrogens with zero attached hydrogens (tertiary/aromatic N) is 1. The average Bonchev–Trinajstić information content (AvgIpc) is 3.51. The van der Waals surface area contributed by atoms with E-state index in [2.05, 4.69) is 6.58 Å². The van der Waals surface area contributed by atoms with Crippen LogP contribution in [0.25, 0.3) is 21.5 Å². The first-order valence-corrected chi connectivity index (χ1v) is 30.1. The lowest BCUT2D eigenvalue weighted by Crippen LogP contribution is -2.30. The summed E-state index contributed by atoms with van der Waals surface area (Å²) in [6.45, 7) is 10.4. The quantitative estimate of drug-likeness (QED) is 0.0198. The van der Waals surface area contributed by atoms with Gasteiger partial charge in [-0.2, -0.15) is 42.1 Å². The molecule has 25 heteroatoms. The predicted molar refractivity (Wildman–Crippen MR) is 278 cm³/mol. The van der Waals surface area contributed by atoms with Gasteiger partial charge in [0.25, 0.3) is 50.6 Å². The summed E-state index contributed by atoms with van der Waals surface area (Å²) in [6.07, 6.45) is 13.0. The molecule has 0 amide bonds. The fourth-order valence-corrected chi connectivity index (χ4v) is 12.6. The van der Waals surface area contributed by atoms with E-state index in [-0.39, 0.29) is 67.0 Å². The minimum Gasteiger partial charge on any atom is -0.481 e. The van der Waals surface area contributed by atoms with E-state index in [0.29, 0.717) is 71.6 Å². The highest BCUT2D eigenvalue weighted by molar-refractivity contribution is 7.87. The molecule has 1 aliphatic heterocycles. The maximum absolute atomic E-state index is 12.7. The van der Waals surface area contributed by atoms with Gasteiger partial charge in [0.15, 0.2) is 0 Å². The van der Waals surface area contributed by atoms with Gasteiger partial charge in [0.1, 0.15) is 9.79 Å². The number of carboxylic acid groups (broad SMARTS) is 1. The summed E-state index contributed by atoms with van der Waals surface area (Å²) in [5, 5.41) is 9.23. The van der Waals surface area contributed by atoms with Gasteiger partial charge in [0.2, 0.25) is 0 Å². The van der Waals surface area contributed by atoms with Crippen LogP contribution in [0.4, 0.5) is 5.69 Å². The zero-order valence-corrected chi connectivity index (χ0v) is 44.9. The van der Waals surface area contributed by atoms with Crippen LogP contribution < -0.4 is 4.90 Å². The number of ether oxygens (including phenoxy) is 2. The summed E-state index contributed by atoms with van der Waals surface area (Å²) in [5.74, 6) is -1.62. The second-order valence-electron chi connectivity index (χ2n) is 18.1. The number of aryl methyl sites for hydroxylation is 1. The van der Waals surface area contributed by atoms with E-state index in [0.717, 1.165) is 12.1 Å². The number of allylic oxidation sites excluding steroid dienone is 9. The van der Waals surface area contributed by atoms with Crippen molar-refractivity contribution in [2.75, 3.05) is 44.1 Å². The largest absolute Gasteiger partial charge is 0.481 e. The van der Waals surface area contributed by atoms with Crippen molar-refractivity contribution in [3.8, 4) is 0 Å². The van der Waals surface area contributed by atoms with E-state index in [4.69, 9.17) is 9.47 Å². The van der Waals surface area contributed by atoms with E-state index in [1.54, 1.807) is 62.4 Å². The van der Waals surface area contributed by atoms with Gasteiger partial charge in [-0.3, -0.25) is 27.6 Å². The summed E-state index contributed by atoms with van der Waals surface area (Å²) < 4.78 is 185. The van der Waals surface area contributed by atoms with Crippen molar-refractivity contribution < 1.29 is 84.2 Å². The number of carboxylic acids is 1. The molecule has 6 N–H and O–H groups in total. The molecule has 0 saturated heterocycles. The van der Waals surface area contributed by atoms with Gasteiger partial charge in [-0.05, 0) is 115 Å². The van der Waals surface area contributed by atoms with Gasteiger partial charge in [-0.1, -0.05) is 74.6 Å². The van der Waals surface area contributed by atoms with E-state index in [1.807, 2.05) is 11.8 Å². The zero-order valence-electron chi connectivity index (χ0n) is 40.8. The smallest absolute Gasteiger partial charge is 0.303 e. The zero-order chi connectivity index (χ0) is 55.2. The lowest BCUT2D eigenvalue weighted by Gasteiger charge is -2.34. The van der Waals surface area contributed by atoms with Crippen LogP contribution in [-0.4, -0.2) is 115 Å². The van der Waals surface area contributed by atoms with Crippen molar-refractivity contribution in [1.82, 2.24) is 0 Å². The van der Waals surface area contributed by atoms with Gasteiger partial charge in [0, 0.05) is 59.7 Å². The number of hydrogen-bond acceptors (Lipinski definition) is 14. The van der Waals surface area contributed by atoms with E-state index < -0.39 is 92.7 Å². The SMILES string of the molecule is C=C(/C=C/C=C/C=C/C=C1/N(CCCCCC(=O)O)c2ccc3c(S(=O)(=O)O)cc(S(=O)(=O)O)cc3c2C1(C)CCOCCOC)C(C)(CCCS(=O)(=O)O)c1c(C)ccc2c(S(=O)(=O)O)cc(S(=O)(=O)O)cc12. The standard InChI is InChI=1S/C49H59NO19S5/c1-33-18-19-37-39(29-35(71(56,57)58)31-42(37)73(62,63)64)46(33)48(3,22-14-28-70(53,54)55)34(2)15-10-7-6-8-11-16-44-49(4,23-25-69-27-26-68-5)47-40-30-36(72(59,60)61)32-43(74(65,66)67)38(40)20-21-41(47)50(44)24-13-9-12-17-45(51)52/h6-8,10-11,15-16,18-21,29-32H,2,9,12-14,17,22-28H2,1,3-5H3,(H,51,52)(H,53,54,55)(H,56,57,58)(H,59,60,61)(H,62,63,64)(H,65,66,67)/b7-6+,11-8+,15-10+,44-16+. The Hall–Kier alpha value is -5.16. The maximum atomic E-state index is 12.7. The number of unbranched alkanes of at least 4 members (excludes halogenated alkanes) is 2. The number of carbonyl (C=O) groups is 1. The van der Waals surface area contributed by atoms with E-state index in [9.17, 15) is 74.8 Å². The molecule has 4 aromatic carbocycles. The Morgan fingerprint density at radius 2 is 1.27 bits per heavy atom. The van der Waals surface area contributed by atoms with Crippen LogP contribution in [0.5, 0.6) is 0 Å². The second kappa shape index (κ2) is 23.4. The lowest BCUT2D eigenvalue weighted by atomic mass is 9.70. The van der Waals surface area contributed by atoms with Crippen LogP contribution >= 0.6 is 0 Å². The summed E-state index contributed by atoms with van der Waals surface area (Å²) in [5.41, 5.74) is 0.353. The van der Waals surface area contributed by atoms with Crippen LogP contribution in [-0.2, 0) is 75.7 Å². The van der Waals surface area contributed by atoms with Crippen LogP contribution in [0.15, 0.2) is 128 Å². The fraction of sp³-hybridized carbons (Fsp3) is 0.367.